The molecule has 3 heteroatoms. The second kappa shape index (κ2) is 5.19. The van der Waals surface area contributed by atoms with Crippen molar-refractivity contribution in [1.82, 2.24) is 0 Å². The number of hydrogen-bond donors (Lipinski definition) is 1. The fourth-order valence-electron chi connectivity index (χ4n) is 2.35. The molecule has 1 heterocycles. The van der Waals surface area contributed by atoms with Crippen LogP contribution in [-0.2, 0) is 6.61 Å². The van der Waals surface area contributed by atoms with Crippen molar-refractivity contribution in [1.29, 1.82) is 0 Å². The van der Waals surface area contributed by atoms with E-state index in [0.29, 0.717) is 0 Å². The molecule has 88 valence electrons. The van der Waals surface area contributed by atoms with Crippen LogP contribution >= 0.6 is 15.9 Å². The van der Waals surface area contributed by atoms with E-state index in [9.17, 15) is 5.11 Å². The third-order valence-electron chi connectivity index (χ3n) is 3.42. The molecule has 1 aromatic rings. The van der Waals surface area contributed by atoms with E-state index in [1.165, 1.54) is 18.5 Å². The Kier molecular flexibility index (Phi) is 3.87. The largest absolute Gasteiger partial charge is 0.392 e. The fraction of sp³-hybridized carbons (Fsp3) is 0.538. The Morgan fingerprint density at radius 1 is 1.50 bits per heavy atom. The van der Waals surface area contributed by atoms with E-state index in [0.717, 1.165) is 29.0 Å². The summed E-state index contributed by atoms with van der Waals surface area (Å²) in [5, 5.41) is 9.35. The Hall–Kier alpha value is -0.540. The van der Waals surface area contributed by atoms with E-state index in [-0.39, 0.29) is 6.61 Å². The van der Waals surface area contributed by atoms with Crippen LogP contribution in [0.25, 0.3) is 0 Å². The van der Waals surface area contributed by atoms with E-state index >= 15 is 0 Å². The van der Waals surface area contributed by atoms with Crippen molar-refractivity contribution in [2.75, 3.05) is 18.0 Å². The highest BCUT2D eigenvalue weighted by Crippen LogP contribution is 2.30. The standard InChI is InChI=1S/C13H18BrNO/c1-2-10-5-6-15(8-10)13-7-12(14)4-3-11(13)9-16/h3-4,7,10,16H,2,5-6,8-9H2,1H3. The quantitative estimate of drug-likeness (QED) is 0.921. The molecule has 1 saturated heterocycles. The van der Waals surface area contributed by atoms with Crippen LogP contribution in [0.2, 0.25) is 0 Å². The minimum absolute atomic E-state index is 0.121. The zero-order valence-corrected chi connectivity index (χ0v) is 11.2. The summed E-state index contributed by atoms with van der Waals surface area (Å²) in [7, 11) is 0. The molecule has 0 radical (unpaired) electrons. The summed E-state index contributed by atoms with van der Waals surface area (Å²) in [5.74, 6) is 0.811. The molecule has 1 aliphatic rings. The maximum absolute atomic E-state index is 9.35. The molecule has 1 N–H and O–H groups in total. The second-order valence-electron chi connectivity index (χ2n) is 4.44. The van der Waals surface area contributed by atoms with E-state index in [4.69, 9.17) is 0 Å². The highest BCUT2D eigenvalue weighted by molar-refractivity contribution is 9.10. The third kappa shape index (κ3) is 2.41. The summed E-state index contributed by atoms with van der Waals surface area (Å²) in [5.41, 5.74) is 2.22. The summed E-state index contributed by atoms with van der Waals surface area (Å²) in [4.78, 5) is 2.39. The van der Waals surface area contributed by atoms with E-state index in [2.05, 4.69) is 33.8 Å². The molecule has 16 heavy (non-hydrogen) atoms. The van der Waals surface area contributed by atoms with Crippen LogP contribution in [0.1, 0.15) is 25.3 Å². The average molecular weight is 284 g/mol. The van der Waals surface area contributed by atoms with Crippen LogP contribution in [0.15, 0.2) is 22.7 Å². The van der Waals surface area contributed by atoms with Gasteiger partial charge >= 0.3 is 0 Å². The average Bonchev–Trinajstić information content (AvgIpc) is 2.77. The van der Waals surface area contributed by atoms with Crippen molar-refractivity contribution < 1.29 is 5.11 Å². The number of aliphatic hydroxyl groups excluding tert-OH is 1. The van der Waals surface area contributed by atoms with Crippen molar-refractivity contribution >= 4 is 21.6 Å². The predicted molar refractivity (Wildman–Crippen MR) is 70.7 cm³/mol. The van der Waals surface area contributed by atoms with Gasteiger partial charge in [0, 0.05) is 28.8 Å². The van der Waals surface area contributed by atoms with Crippen LogP contribution < -0.4 is 4.90 Å². The SMILES string of the molecule is CCC1CCN(c2cc(Br)ccc2CO)C1. The van der Waals surface area contributed by atoms with Crippen LogP contribution in [0.4, 0.5) is 5.69 Å². The number of rotatable bonds is 3. The van der Waals surface area contributed by atoms with Gasteiger partial charge in [-0.15, -0.1) is 0 Å². The van der Waals surface area contributed by atoms with Crippen molar-refractivity contribution in [2.45, 2.75) is 26.4 Å². The zero-order chi connectivity index (χ0) is 11.5. The first-order valence-corrected chi connectivity index (χ1v) is 6.68. The maximum atomic E-state index is 9.35. The molecule has 0 spiro atoms. The Morgan fingerprint density at radius 2 is 2.31 bits per heavy atom. The number of nitrogens with zero attached hydrogens (tertiary/aromatic N) is 1. The molecule has 0 aromatic heterocycles. The molecular formula is C13H18BrNO. The van der Waals surface area contributed by atoms with Gasteiger partial charge in [0.1, 0.15) is 0 Å². The van der Waals surface area contributed by atoms with Gasteiger partial charge in [-0.2, -0.15) is 0 Å². The molecule has 0 saturated carbocycles. The molecule has 1 aliphatic heterocycles. The minimum atomic E-state index is 0.121. The highest BCUT2D eigenvalue weighted by Gasteiger charge is 2.22. The van der Waals surface area contributed by atoms with Crippen LogP contribution in [0.5, 0.6) is 0 Å². The van der Waals surface area contributed by atoms with Gasteiger partial charge in [-0.3, -0.25) is 0 Å². The molecule has 1 aromatic carbocycles. The van der Waals surface area contributed by atoms with E-state index < -0.39 is 0 Å². The number of hydrogen-bond acceptors (Lipinski definition) is 2. The predicted octanol–water partition coefficient (Wildman–Crippen LogP) is 3.18. The fourth-order valence-corrected chi connectivity index (χ4v) is 2.70. The Bertz CT molecular complexity index is 367. The first-order chi connectivity index (χ1) is 7.74. The Morgan fingerprint density at radius 3 is 2.94 bits per heavy atom. The lowest BCUT2D eigenvalue weighted by Crippen LogP contribution is -2.21. The lowest BCUT2D eigenvalue weighted by Gasteiger charge is -2.21. The number of anilines is 1. The lowest BCUT2D eigenvalue weighted by atomic mass is 10.1. The number of halogens is 1. The van der Waals surface area contributed by atoms with Gasteiger partial charge in [0.15, 0.2) is 0 Å². The van der Waals surface area contributed by atoms with Crippen molar-refractivity contribution in [2.24, 2.45) is 5.92 Å². The molecule has 1 atom stereocenters. The van der Waals surface area contributed by atoms with Crippen LogP contribution in [0, 0.1) is 5.92 Å². The van der Waals surface area contributed by atoms with Gasteiger partial charge < -0.3 is 10.0 Å². The Labute approximate surface area is 105 Å². The van der Waals surface area contributed by atoms with Gasteiger partial charge in [0.05, 0.1) is 6.61 Å². The van der Waals surface area contributed by atoms with Gasteiger partial charge in [-0.1, -0.05) is 35.3 Å². The summed E-state index contributed by atoms with van der Waals surface area (Å²) in [6.07, 6.45) is 2.52. The number of benzene rings is 1. The van der Waals surface area contributed by atoms with Crippen molar-refractivity contribution in [3.05, 3.63) is 28.2 Å². The summed E-state index contributed by atoms with van der Waals surface area (Å²) >= 11 is 3.50. The topological polar surface area (TPSA) is 23.5 Å². The zero-order valence-electron chi connectivity index (χ0n) is 9.62. The number of aliphatic hydroxyl groups is 1. The van der Waals surface area contributed by atoms with Gasteiger partial charge in [0.25, 0.3) is 0 Å². The van der Waals surface area contributed by atoms with Crippen LogP contribution in [0.3, 0.4) is 0 Å². The van der Waals surface area contributed by atoms with Crippen molar-refractivity contribution in [3.63, 3.8) is 0 Å². The van der Waals surface area contributed by atoms with Crippen LogP contribution in [-0.4, -0.2) is 18.2 Å². The minimum Gasteiger partial charge on any atom is -0.392 e. The smallest absolute Gasteiger partial charge is 0.0702 e. The monoisotopic (exact) mass is 283 g/mol. The van der Waals surface area contributed by atoms with Gasteiger partial charge in [-0.25, -0.2) is 0 Å². The molecule has 2 rings (SSSR count). The molecule has 0 amide bonds. The first-order valence-electron chi connectivity index (χ1n) is 5.88. The normalized spacial score (nSPS) is 20.4. The molecule has 1 unspecified atom stereocenters. The molecule has 2 nitrogen and oxygen atoms in total. The van der Waals surface area contributed by atoms with E-state index in [1.54, 1.807) is 0 Å². The van der Waals surface area contributed by atoms with Gasteiger partial charge in [0.2, 0.25) is 0 Å². The molecule has 0 aliphatic carbocycles. The highest BCUT2D eigenvalue weighted by atomic mass is 79.9. The first kappa shape index (κ1) is 11.9. The lowest BCUT2D eigenvalue weighted by molar-refractivity contribution is 0.282. The third-order valence-corrected chi connectivity index (χ3v) is 3.91. The Balaban J connectivity index is 2.22. The van der Waals surface area contributed by atoms with Crippen molar-refractivity contribution in [3.8, 4) is 0 Å². The molecular weight excluding hydrogens is 266 g/mol. The molecule has 0 bridgehead atoms. The maximum Gasteiger partial charge on any atom is 0.0702 e. The van der Waals surface area contributed by atoms with E-state index in [1.807, 2.05) is 12.1 Å². The summed E-state index contributed by atoms with van der Waals surface area (Å²) in [6, 6.07) is 6.10. The summed E-state index contributed by atoms with van der Waals surface area (Å²) in [6.45, 7) is 4.61. The van der Waals surface area contributed by atoms with Gasteiger partial charge in [-0.05, 0) is 24.5 Å². The summed E-state index contributed by atoms with van der Waals surface area (Å²) < 4.78 is 1.08. The molecule has 1 fully saturated rings. The second-order valence-corrected chi connectivity index (χ2v) is 5.36.